The Morgan fingerprint density at radius 1 is 1.07 bits per heavy atom. The third-order valence-corrected chi connectivity index (χ3v) is 5.48. The maximum absolute atomic E-state index is 12.8. The molecule has 1 fully saturated rings. The summed E-state index contributed by atoms with van der Waals surface area (Å²) in [4.78, 5) is 41.7. The Labute approximate surface area is 174 Å². The number of benzene rings is 2. The molecule has 0 bridgehead atoms. The standard InChI is InChI=1S/C22H24N4O4/c1-30-16-6-4-5-15(13-16)25-9-11-26(12-10-25)20(27)14-19-22(29)23-18-8-3-2-7-17(18)21(28)24-19/h2-8,13,19H,9-12,14H2,1H3,(H,23,29)(H,24,28)/t19-/m1/s1. The fourth-order valence-electron chi connectivity index (χ4n) is 3.78. The number of nitrogens with one attached hydrogen (secondary N) is 2. The molecule has 0 aliphatic carbocycles. The number of rotatable bonds is 4. The Morgan fingerprint density at radius 2 is 1.83 bits per heavy atom. The fraction of sp³-hybridized carbons (Fsp3) is 0.318. The summed E-state index contributed by atoms with van der Waals surface area (Å²) < 4.78 is 5.28. The van der Waals surface area contributed by atoms with Crippen molar-refractivity contribution in [1.82, 2.24) is 10.2 Å². The van der Waals surface area contributed by atoms with Gasteiger partial charge in [0.1, 0.15) is 11.8 Å². The van der Waals surface area contributed by atoms with Crippen LogP contribution in [0.3, 0.4) is 0 Å². The van der Waals surface area contributed by atoms with E-state index in [1.807, 2.05) is 24.3 Å². The molecule has 1 saturated heterocycles. The minimum atomic E-state index is -0.895. The van der Waals surface area contributed by atoms with Gasteiger partial charge in [0, 0.05) is 37.9 Å². The summed E-state index contributed by atoms with van der Waals surface area (Å²) in [7, 11) is 1.64. The number of hydrogen-bond acceptors (Lipinski definition) is 5. The van der Waals surface area contributed by atoms with Crippen LogP contribution in [-0.4, -0.2) is 62.0 Å². The molecule has 8 heteroatoms. The van der Waals surface area contributed by atoms with Crippen molar-refractivity contribution in [3.63, 3.8) is 0 Å². The Hall–Kier alpha value is -3.55. The molecule has 0 radical (unpaired) electrons. The van der Waals surface area contributed by atoms with Crippen molar-refractivity contribution < 1.29 is 19.1 Å². The van der Waals surface area contributed by atoms with E-state index in [-0.39, 0.29) is 24.1 Å². The van der Waals surface area contributed by atoms with Crippen molar-refractivity contribution in [3.05, 3.63) is 54.1 Å². The summed E-state index contributed by atoms with van der Waals surface area (Å²) in [5.74, 6) is -0.0879. The number of piperazine rings is 1. The Bertz CT molecular complexity index is 969. The zero-order chi connectivity index (χ0) is 21.1. The molecule has 0 unspecified atom stereocenters. The van der Waals surface area contributed by atoms with Gasteiger partial charge in [0.25, 0.3) is 5.91 Å². The smallest absolute Gasteiger partial charge is 0.254 e. The largest absolute Gasteiger partial charge is 0.497 e. The Balaban J connectivity index is 1.36. The van der Waals surface area contributed by atoms with Crippen LogP contribution in [0.5, 0.6) is 5.75 Å². The number of ether oxygens (including phenoxy) is 1. The van der Waals surface area contributed by atoms with Crippen LogP contribution in [0.2, 0.25) is 0 Å². The molecule has 30 heavy (non-hydrogen) atoms. The maximum atomic E-state index is 12.8. The monoisotopic (exact) mass is 408 g/mol. The molecule has 0 saturated carbocycles. The summed E-state index contributed by atoms with van der Waals surface area (Å²) in [6, 6.07) is 13.7. The van der Waals surface area contributed by atoms with Crippen LogP contribution in [0, 0.1) is 0 Å². The molecule has 2 aromatic carbocycles. The minimum Gasteiger partial charge on any atom is -0.497 e. The van der Waals surface area contributed by atoms with Crippen LogP contribution in [0.1, 0.15) is 16.8 Å². The molecule has 4 rings (SSSR count). The van der Waals surface area contributed by atoms with E-state index in [1.165, 1.54) is 0 Å². The number of hydrogen-bond donors (Lipinski definition) is 2. The number of fused-ring (bicyclic) bond motifs is 1. The SMILES string of the molecule is COc1cccc(N2CCN(C(=O)C[C@H]3NC(=O)c4ccccc4NC3=O)CC2)c1. The summed E-state index contributed by atoms with van der Waals surface area (Å²) >= 11 is 0. The first-order valence-electron chi connectivity index (χ1n) is 9.92. The summed E-state index contributed by atoms with van der Waals surface area (Å²) in [5.41, 5.74) is 1.91. The van der Waals surface area contributed by atoms with Gasteiger partial charge in [-0.25, -0.2) is 0 Å². The predicted molar refractivity (Wildman–Crippen MR) is 113 cm³/mol. The van der Waals surface area contributed by atoms with Gasteiger partial charge in [-0.05, 0) is 24.3 Å². The van der Waals surface area contributed by atoms with Crippen molar-refractivity contribution in [2.45, 2.75) is 12.5 Å². The molecular weight excluding hydrogens is 384 g/mol. The first-order chi connectivity index (χ1) is 14.5. The van der Waals surface area contributed by atoms with Crippen LogP contribution in [-0.2, 0) is 9.59 Å². The number of carbonyl (C=O) groups excluding carboxylic acids is 3. The zero-order valence-corrected chi connectivity index (χ0v) is 16.8. The highest BCUT2D eigenvalue weighted by Gasteiger charge is 2.31. The first kappa shape index (κ1) is 19.8. The minimum absolute atomic E-state index is 0.0648. The first-order valence-corrected chi connectivity index (χ1v) is 9.92. The maximum Gasteiger partial charge on any atom is 0.254 e. The highest BCUT2D eigenvalue weighted by molar-refractivity contribution is 6.10. The van der Waals surface area contributed by atoms with Crippen LogP contribution in [0.25, 0.3) is 0 Å². The molecule has 156 valence electrons. The fourth-order valence-corrected chi connectivity index (χ4v) is 3.78. The lowest BCUT2D eigenvalue weighted by Gasteiger charge is -2.36. The molecule has 2 aliphatic heterocycles. The number of amides is 3. The lowest BCUT2D eigenvalue weighted by Crippen LogP contribution is -2.51. The second-order valence-corrected chi connectivity index (χ2v) is 7.33. The van der Waals surface area contributed by atoms with Gasteiger partial charge in [0.15, 0.2) is 0 Å². The number of nitrogens with zero attached hydrogens (tertiary/aromatic N) is 2. The van der Waals surface area contributed by atoms with E-state index in [4.69, 9.17) is 4.74 Å². The highest BCUT2D eigenvalue weighted by Crippen LogP contribution is 2.23. The van der Waals surface area contributed by atoms with E-state index in [0.717, 1.165) is 11.4 Å². The van der Waals surface area contributed by atoms with Crippen LogP contribution in [0.4, 0.5) is 11.4 Å². The van der Waals surface area contributed by atoms with Crippen molar-refractivity contribution in [2.24, 2.45) is 0 Å². The molecule has 2 heterocycles. The molecule has 0 spiro atoms. The molecule has 2 aromatic rings. The summed E-state index contributed by atoms with van der Waals surface area (Å²) in [5, 5.41) is 5.42. The molecule has 2 aliphatic rings. The van der Waals surface area contributed by atoms with E-state index in [0.29, 0.717) is 37.4 Å². The Kier molecular flexibility index (Phi) is 5.56. The number of para-hydroxylation sites is 1. The van der Waals surface area contributed by atoms with Gasteiger partial charge in [-0.15, -0.1) is 0 Å². The van der Waals surface area contributed by atoms with Gasteiger partial charge in [0.05, 0.1) is 24.8 Å². The molecule has 0 aromatic heterocycles. The summed E-state index contributed by atoms with van der Waals surface area (Å²) in [6.45, 7) is 2.48. The van der Waals surface area contributed by atoms with Gasteiger partial charge in [0.2, 0.25) is 11.8 Å². The lowest BCUT2D eigenvalue weighted by atomic mass is 10.1. The zero-order valence-electron chi connectivity index (χ0n) is 16.8. The van der Waals surface area contributed by atoms with Gasteiger partial charge in [-0.1, -0.05) is 18.2 Å². The van der Waals surface area contributed by atoms with Crippen LogP contribution < -0.4 is 20.3 Å². The van der Waals surface area contributed by atoms with E-state index >= 15 is 0 Å². The van der Waals surface area contributed by atoms with Gasteiger partial charge >= 0.3 is 0 Å². The van der Waals surface area contributed by atoms with Crippen molar-refractivity contribution >= 4 is 29.1 Å². The van der Waals surface area contributed by atoms with Crippen molar-refractivity contribution in [1.29, 1.82) is 0 Å². The third kappa shape index (κ3) is 4.07. The van der Waals surface area contributed by atoms with Gasteiger partial charge in [-0.2, -0.15) is 0 Å². The quantitative estimate of drug-likeness (QED) is 0.800. The molecular formula is C22H24N4O4. The van der Waals surface area contributed by atoms with E-state index in [1.54, 1.807) is 36.3 Å². The average Bonchev–Trinajstić information content (AvgIpc) is 2.90. The summed E-state index contributed by atoms with van der Waals surface area (Å²) in [6.07, 6.45) is -0.0648. The normalized spacial score (nSPS) is 18.8. The van der Waals surface area contributed by atoms with E-state index < -0.39 is 6.04 Å². The van der Waals surface area contributed by atoms with Crippen molar-refractivity contribution in [2.75, 3.05) is 43.5 Å². The van der Waals surface area contributed by atoms with E-state index in [2.05, 4.69) is 15.5 Å². The lowest BCUT2D eigenvalue weighted by molar-refractivity contribution is -0.134. The molecule has 2 N–H and O–H groups in total. The van der Waals surface area contributed by atoms with Crippen LogP contribution >= 0.6 is 0 Å². The van der Waals surface area contributed by atoms with Crippen LogP contribution in [0.15, 0.2) is 48.5 Å². The average molecular weight is 408 g/mol. The van der Waals surface area contributed by atoms with Crippen molar-refractivity contribution in [3.8, 4) is 5.75 Å². The second-order valence-electron chi connectivity index (χ2n) is 7.33. The topological polar surface area (TPSA) is 91.0 Å². The number of anilines is 2. The Morgan fingerprint density at radius 3 is 2.60 bits per heavy atom. The highest BCUT2D eigenvalue weighted by atomic mass is 16.5. The predicted octanol–water partition coefficient (Wildman–Crippen LogP) is 1.48. The molecule has 8 nitrogen and oxygen atoms in total. The van der Waals surface area contributed by atoms with Gasteiger partial charge in [-0.3, -0.25) is 14.4 Å². The number of methoxy groups -OCH3 is 1. The van der Waals surface area contributed by atoms with Gasteiger partial charge < -0.3 is 25.2 Å². The third-order valence-electron chi connectivity index (χ3n) is 5.48. The number of carbonyl (C=O) groups is 3. The second kappa shape index (κ2) is 8.44. The van der Waals surface area contributed by atoms with E-state index in [9.17, 15) is 14.4 Å². The molecule has 3 amide bonds. The molecule has 1 atom stereocenters.